The summed E-state index contributed by atoms with van der Waals surface area (Å²) in [7, 11) is 3.35. The number of aryl methyl sites for hydroxylation is 1. The number of pyridine rings is 1. The molecule has 0 radical (unpaired) electrons. The van der Waals surface area contributed by atoms with Crippen LogP contribution in [-0.2, 0) is 7.05 Å². The van der Waals surface area contributed by atoms with Crippen molar-refractivity contribution in [1.82, 2.24) is 14.8 Å². The van der Waals surface area contributed by atoms with Crippen LogP contribution in [0.2, 0.25) is 0 Å². The van der Waals surface area contributed by atoms with Gasteiger partial charge in [0.05, 0.1) is 11.9 Å². The predicted octanol–water partition coefficient (Wildman–Crippen LogP) is 0.870. The van der Waals surface area contributed by atoms with Gasteiger partial charge in [-0.25, -0.2) is 0 Å². The summed E-state index contributed by atoms with van der Waals surface area (Å²) in [5.74, 6) is 0. The molecule has 5 nitrogen and oxygen atoms in total. The van der Waals surface area contributed by atoms with Crippen molar-refractivity contribution in [3.05, 3.63) is 36.3 Å². The highest BCUT2D eigenvalue weighted by Crippen LogP contribution is 2.14. The van der Waals surface area contributed by atoms with Gasteiger partial charge in [0.15, 0.2) is 6.29 Å². The van der Waals surface area contributed by atoms with Gasteiger partial charge < -0.3 is 5.73 Å². The van der Waals surface area contributed by atoms with Crippen molar-refractivity contribution < 1.29 is 4.79 Å². The Labute approximate surface area is 93.9 Å². The van der Waals surface area contributed by atoms with Gasteiger partial charge in [0.1, 0.15) is 0 Å². The standard InChI is InChI=1S/C10H9N3O.CH5N/c1-13-6-9(5-12-13)10-3-2-8(7-14)4-11-10;1-2/h2-7H,1H3;2H2,1H3. The van der Waals surface area contributed by atoms with E-state index in [1.54, 1.807) is 29.2 Å². The molecular weight excluding hydrogens is 204 g/mol. The van der Waals surface area contributed by atoms with Crippen LogP contribution in [0.1, 0.15) is 10.4 Å². The van der Waals surface area contributed by atoms with Crippen LogP contribution in [0, 0.1) is 0 Å². The molecule has 0 atom stereocenters. The van der Waals surface area contributed by atoms with Crippen molar-refractivity contribution in [3.63, 3.8) is 0 Å². The van der Waals surface area contributed by atoms with Gasteiger partial charge in [-0.15, -0.1) is 0 Å². The van der Waals surface area contributed by atoms with Gasteiger partial charge in [0, 0.05) is 30.6 Å². The lowest BCUT2D eigenvalue weighted by atomic mass is 10.2. The maximum atomic E-state index is 10.4. The Morgan fingerprint density at radius 3 is 2.50 bits per heavy atom. The number of nitrogens with zero attached hydrogens (tertiary/aromatic N) is 3. The molecule has 0 aromatic carbocycles. The highest BCUT2D eigenvalue weighted by molar-refractivity contribution is 5.75. The van der Waals surface area contributed by atoms with Crippen LogP contribution >= 0.6 is 0 Å². The fourth-order valence-corrected chi connectivity index (χ4v) is 1.20. The second-order valence-electron chi connectivity index (χ2n) is 3.00. The molecule has 5 heteroatoms. The number of hydrogen-bond donors (Lipinski definition) is 1. The number of carbonyl (C=O) groups excluding carboxylic acids is 1. The van der Waals surface area contributed by atoms with E-state index in [0.717, 1.165) is 17.5 Å². The summed E-state index contributed by atoms with van der Waals surface area (Å²) in [6, 6.07) is 3.54. The quantitative estimate of drug-likeness (QED) is 0.759. The van der Waals surface area contributed by atoms with Crippen molar-refractivity contribution in [1.29, 1.82) is 0 Å². The largest absolute Gasteiger partial charge is 0.333 e. The first-order valence-electron chi connectivity index (χ1n) is 4.77. The molecule has 0 fully saturated rings. The number of aromatic nitrogens is 3. The molecule has 84 valence electrons. The summed E-state index contributed by atoms with van der Waals surface area (Å²) < 4.78 is 1.71. The minimum Gasteiger partial charge on any atom is -0.333 e. The zero-order valence-corrected chi connectivity index (χ0v) is 9.29. The number of rotatable bonds is 2. The smallest absolute Gasteiger partial charge is 0.151 e. The van der Waals surface area contributed by atoms with E-state index in [1.807, 2.05) is 13.2 Å². The molecule has 2 aromatic heterocycles. The number of nitrogens with two attached hydrogens (primary N) is 1. The molecule has 2 rings (SSSR count). The normalized spacial score (nSPS) is 9.19. The third-order valence-corrected chi connectivity index (χ3v) is 1.92. The third-order valence-electron chi connectivity index (χ3n) is 1.92. The summed E-state index contributed by atoms with van der Waals surface area (Å²) in [5.41, 5.74) is 6.85. The highest BCUT2D eigenvalue weighted by Gasteiger charge is 2.00. The van der Waals surface area contributed by atoms with E-state index < -0.39 is 0 Å². The Kier molecular flexibility index (Phi) is 4.35. The fraction of sp³-hybridized carbons (Fsp3) is 0.182. The maximum absolute atomic E-state index is 10.4. The molecule has 0 spiro atoms. The molecule has 0 bridgehead atoms. The van der Waals surface area contributed by atoms with Gasteiger partial charge >= 0.3 is 0 Å². The Balaban J connectivity index is 0.000000606. The summed E-state index contributed by atoms with van der Waals surface area (Å²) in [6.07, 6.45) is 5.95. The van der Waals surface area contributed by atoms with Crippen LogP contribution in [-0.4, -0.2) is 28.1 Å². The Morgan fingerprint density at radius 2 is 2.06 bits per heavy atom. The zero-order valence-electron chi connectivity index (χ0n) is 9.29. The molecule has 0 saturated heterocycles. The number of hydrogen-bond acceptors (Lipinski definition) is 4. The zero-order chi connectivity index (χ0) is 12.0. The van der Waals surface area contributed by atoms with Crippen molar-refractivity contribution in [3.8, 4) is 11.3 Å². The van der Waals surface area contributed by atoms with E-state index in [2.05, 4.69) is 15.8 Å². The summed E-state index contributed by atoms with van der Waals surface area (Å²) in [5, 5.41) is 4.04. The van der Waals surface area contributed by atoms with Crippen LogP contribution in [0.3, 0.4) is 0 Å². The van der Waals surface area contributed by atoms with Crippen molar-refractivity contribution in [2.45, 2.75) is 0 Å². The molecule has 16 heavy (non-hydrogen) atoms. The van der Waals surface area contributed by atoms with Crippen LogP contribution in [0.15, 0.2) is 30.7 Å². The van der Waals surface area contributed by atoms with Crippen LogP contribution < -0.4 is 5.73 Å². The lowest BCUT2D eigenvalue weighted by Gasteiger charge is -1.95. The highest BCUT2D eigenvalue weighted by atomic mass is 16.1. The van der Waals surface area contributed by atoms with Crippen molar-refractivity contribution >= 4 is 6.29 Å². The number of carbonyl (C=O) groups is 1. The lowest BCUT2D eigenvalue weighted by Crippen LogP contribution is -1.86. The SMILES string of the molecule is CN.Cn1cc(-c2ccc(C=O)cn2)cn1. The predicted molar refractivity (Wildman–Crippen MR) is 61.9 cm³/mol. The molecule has 0 unspecified atom stereocenters. The van der Waals surface area contributed by atoms with Gasteiger partial charge in [-0.05, 0) is 19.2 Å². The van der Waals surface area contributed by atoms with Crippen LogP contribution in [0.5, 0.6) is 0 Å². The first kappa shape index (κ1) is 12.1. The van der Waals surface area contributed by atoms with Gasteiger partial charge in [0.2, 0.25) is 0 Å². The Hall–Kier alpha value is -2.01. The Morgan fingerprint density at radius 1 is 1.31 bits per heavy atom. The summed E-state index contributed by atoms with van der Waals surface area (Å²) in [6.45, 7) is 0. The second kappa shape index (κ2) is 5.77. The fourth-order valence-electron chi connectivity index (χ4n) is 1.20. The van der Waals surface area contributed by atoms with Crippen molar-refractivity contribution in [2.24, 2.45) is 12.8 Å². The average Bonchev–Trinajstić information content (AvgIpc) is 2.79. The molecule has 2 aromatic rings. The van der Waals surface area contributed by atoms with E-state index >= 15 is 0 Å². The monoisotopic (exact) mass is 218 g/mol. The summed E-state index contributed by atoms with van der Waals surface area (Å²) >= 11 is 0. The van der Waals surface area contributed by atoms with Crippen LogP contribution in [0.25, 0.3) is 11.3 Å². The van der Waals surface area contributed by atoms with E-state index in [4.69, 9.17) is 0 Å². The molecule has 2 heterocycles. The van der Waals surface area contributed by atoms with Gasteiger partial charge in [-0.3, -0.25) is 14.5 Å². The average molecular weight is 218 g/mol. The minimum absolute atomic E-state index is 0.581. The van der Waals surface area contributed by atoms with Gasteiger partial charge in [-0.1, -0.05) is 0 Å². The first-order valence-corrected chi connectivity index (χ1v) is 4.77. The van der Waals surface area contributed by atoms with Gasteiger partial charge in [0.25, 0.3) is 0 Å². The lowest BCUT2D eigenvalue weighted by molar-refractivity contribution is 0.112. The maximum Gasteiger partial charge on any atom is 0.151 e. The topological polar surface area (TPSA) is 73.8 Å². The van der Waals surface area contributed by atoms with Crippen molar-refractivity contribution in [2.75, 3.05) is 7.05 Å². The van der Waals surface area contributed by atoms with Crippen LogP contribution in [0.4, 0.5) is 0 Å². The van der Waals surface area contributed by atoms with E-state index in [-0.39, 0.29) is 0 Å². The molecule has 0 aliphatic carbocycles. The molecule has 2 N–H and O–H groups in total. The number of aldehydes is 1. The molecule has 0 aliphatic rings. The molecule has 0 saturated carbocycles. The summed E-state index contributed by atoms with van der Waals surface area (Å²) in [4.78, 5) is 14.6. The molecular formula is C11H14N4O. The van der Waals surface area contributed by atoms with E-state index in [9.17, 15) is 4.79 Å². The van der Waals surface area contributed by atoms with E-state index in [0.29, 0.717) is 5.56 Å². The Bertz CT molecular complexity index is 447. The minimum atomic E-state index is 0.581. The van der Waals surface area contributed by atoms with E-state index in [1.165, 1.54) is 7.05 Å². The third kappa shape index (κ3) is 2.74. The van der Waals surface area contributed by atoms with Gasteiger partial charge in [-0.2, -0.15) is 5.10 Å². The molecule has 0 amide bonds. The first-order chi connectivity index (χ1) is 7.79. The second-order valence-corrected chi connectivity index (χ2v) is 3.00. The molecule has 0 aliphatic heterocycles.